The van der Waals surface area contributed by atoms with Gasteiger partial charge >= 0.3 is 0 Å². The summed E-state index contributed by atoms with van der Waals surface area (Å²) in [6.45, 7) is 0.472. The number of hydrogen-bond acceptors (Lipinski definition) is 3. The molecule has 0 aliphatic heterocycles. The van der Waals surface area contributed by atoms with E-state index in [0.717, 1.165) is 16.6 Å². The van der Waals surface area contributed by atoms with Crippen LogP contribution in [0.3, 0.4) is 0 Å². The zero-order chi connectivity index (χ0) is 12.4. The van der Waals surface area contributed by atoms with Crippen LogP contribution >= 0.6 is 0 Å². The molecular weight excluding hydrogens is 228 g/mol. The van der Waals surface area contributed by atoms with Crippen molar-refractivity contribution in [3.05, 3.63) is 58.6 Å². The fraction of sp³-hybridized carbons (Fsp3) is 0.0769. The Morgan fingerprint density at radius 3 is 3.00 bits per heavy atom. The average molecular weight is 240 g/mol. The summed E-state index contributed by atoms with van der Waals surface area (Å²) in [5, 5.41) is 10.7. The minimum Gasteiger partial charge on any atom is -0.378 e. The Bertz CT molecular complexity index is 715. The third kappa shape index (κ3) is 1.98. The van der Waals surface area contributed by atoms with E-state index in [2.05, 4.69) is 20.5 Å². The van der Waals surface area contributed by atoms with E-state index in [1.165, 1.54) is 0 Å². The first-order valence-electron chi connectivity index (χ1n) is 5.66. The molecule has 0 spiro atoms. The Morgan fingerprint density at radius 2 is 2.17 bits per heavy atom. The molecule has 1 aromatic carbocycles. The summed E-state index contributed by atoms with van der Waals surface area (Å²) in [5.41, 5.74) is 2.36. The van der Waals surface area contributed by atoms with Crippen LogP contribution in [0.25, 0.3) is 10.9 Å². The van der Waals surface area contributed by atoms with Gasteiger partial charge in [-0.25, -0.2) is 0 Å². The van der Waals surface area contributed by atoms with Gasteiger partial charge in [-0.15, -0.1) is 0 Å². The number of fused-ring (bicyclic) bond motifs is 1. The van der Waals surface area contributed by atoms with Crippen LogP contribution in [0.1, 0.15) is 5.56 Å². The second-order valence-corrected chi connectivity index (χ2v) is 4.05. The van der Waals surface area contributed by atoms with Gasteiger partial charge in [-0.3, -0.25) is 9.89 Å². The SMILES string of the molecule is O=c1[nH]c2ccccc2cc1CNc1cn[nH]c1. The maximum absolute atomic E-state index is 11.9. The van der Waals surface area contributed by atoms with Gasteiger partial charge in [0.25, 0.3) is 5.56 Å². The largest absolute Gasteiger partial charge is 0.378 e. The molecule has 3 rings (SSSR count). The van der Waals surface area contributed by atoms with Crippen molar-refractivity contribution in [1.82, 2.24) is 15.2 Å². The molecule has 3 N–H and O–H groups in total. The van der Waals surface area contributed by atoms with E-state index >= 15 is 0 Å². The summed E-state index contributed by atoms with van der Waals surface area (Å²) in [7, 11) is 0. The van der Waals surface area contributed by atoms with Crippen molar-refractivity contribution in [2.24, 2.45) is 0 Å². The Morgan fingerprint density at radius 1 is 1.28 bits per heavy atom. The molecule has 0 atom stereocenters. The van der Waals surface area contributed by atoms with Crippen molar-refractivity contribution in [3.8, 4) is 0 Å². The van der Waals surface area contributed by atoms with Gasteiger partial charge in [-0.1, -0.05) is 18.2 Å². The molecular formula is C13H12N4O. The van der Waals surface area contributed by atoms with Crippen LogP contribution in [0.15, 0.2) is 47.5 Å². The van der Waals surface area contributed by atoms with Gasteiger partial charge < -0.3 is 10.3 Å². The lowest BCUT2D eigenvalue weighted by atomic mass is 10.1. The summed E-state index contributed by atoms with van der Waals surface area (Å²) in [4.78, 5) is 14.7. The minimum atomic E-state index is -0.0651. The molecule has 5 heteroatoms. The van der Waals surface area contributed by atoms with Crippen molar-refractivity contribution in [1.29, 1.82) is 0 Å². The van der Waals surface area contributed by atoms with Gasteiger partial charge in [0, 0.05) is 23.8 Å². The molecule has 0 saturated carbocycles. The molecule has 2 heterocycles. The Labute approximate surface area is 103 Å². The smallest absolute Gasteiger partial charge is 0.253 e. The number of rotatable bonds is 3. The summed E-state index contributed by atoms with van der Waals surface area (Å²) in [6, 6.07) is 9.63. The van der Waals surface area contributed by atoms with E-state index in [0.29, 0.717) is 12.1 Å². The van der Waals surface area contributed by atoms with Gasteiger partial charge in [-0.05, 0) is 17.5 Å². The maximum atomic E-state index is 11.9. The van der Waals surface area contributed by atoms with Crippen molar-refractivity contribution in [3.63, 3.8) is 0 Å². The quantitative estimate of drug-likeness (QED) is 0.654. The summed E-state index contributed by atoms with van der Waals surface area (Å²) in [6.07, 6.45) is 3.42. The summed E-state index contributed by atoms with van der Waals surface area (Å²) < 4.78 is 0. The predicted molar refractivity (Wildman–Crippen MR) is 70.5 cm³/mol. The van der Waals surface area contributed by atoms with Crippen LogP contribution in [0.4, 0.5) is 5.69 Å². The lowest BCUT2D eigenvalue weighted by Crippen LogP contribution is -2.15. The fourth-order valence-corrected chi connectivity index (χ4v) is 1.87. The highest BCUT2D eigenvalue weighted by Crippen LogP contribution is 2.11. The van der Waals surface area contributed by atoms with Crippen LogP contribution in [0.2, 0.25) is 0 Å². The Balaban J connectivity index is 1.92. The Hall–Kier alpha value is -2.56. The number of nitrogens with zero attached hydrogens (tertiary/aromatic N) is 1. The van der Waals surface area contributed by atoms with Crippen molar-refractivity contribution >= 4 is 16.6 Å². The number of nitrogens with one attached hydrogen (secondary N) is 3. The minimum absolute atomic E-state index is 0.0651. The number of aromatic amines is 2. The lowest BCUT2D eigenvalue weighted by molar-refractivity contribution is 1.09. The van der Waals surface area contributed by atoms with Crippen LogP contribution in [0.5, 0.6) is 0 Å². The van der Waals surface area contributed by atoms with Gasteiger partial charge in [0.15, 0.2) is 0 Å². The molecule has 0 aliphatic carbocycles. The number of anilines is 1. The fourth-order valence-electron chi connectivity index (χ4n) is 1.87. The molecule has 18 heavy (non-hydrogen) atoms. The number of H-pyrrole nitrogens is 2. The predicted octanol–water partition coefficient (Wildman–Crippen LogP) is 1.86. The molecule has 90 valence electrons. The van der Waals surface area contributed by atoms with E-state index < -0.39 is 0 Å². The number of pyridine rings is 1. The van der Waals surface area contributed by atoms with Gasteiger partial charge in [0.2, 0.25) is 0 Å². The monoisotopic (exact) mass is 240 g/mol. The van der Waals surface area contributed by atoms with Crippen LogP contribution in [-0.2, 0) is 6.54 Å². The number of aromatic nitrogens is 3. The number of para-hydroxylation sites is 1. The Kier molecular flexibility index (Phi) is 2.57. The van der Waals surface area contributed by atoms with E-state index in [9.17, 15) is 4.79 Å². The molecule has 0 saturated heterocycles. The van der Waals surface area contributed by atoms with Gasteiger partial charge in [-0.2, -0.15) is 5.10 Å². The number of benzene rings is 1. The molecule has 5 nitrogen and oxygen atoms in total. The lowest BCUT2D eigenvalue weighted by Gasteiger charge is -2.04. The van der Waals surface area contributed by atoms with Crippen LogP contribution in [-0.4, -0.2) is 15.2 Å². The van der Waals surface area contributed by atoms with E-state index in [-0.39, 0.29) is 5.56 Å². The second kappa shape index (κ2) is 4.37. The van der Waals surface area contributed by atoms with E-state index in [4.69, 9.17) is 0 Å². The highest BCUT2D eigenvalue weighted by Gasteiger charge is 2.02. The average Bonchev–Trinajstić information content (AvgIpc) is 2.89. The number of hydrogen-bond donors (Lipinski definition) is 3. The molecule has 2 aromatic heterocycles. The van der Waals surface area contributed by atoms with Crippen molar-refractivity contribution < 1.29 is 0 Å². The first-order chi connectivity index (χ1) is 8.83. The highest BCUT2D eigenvalue weighted by atomic mass is 16.1. The molecule has 0 radical (unpaired) electrons. The third-order valence-corrected chi connectivity index (χ3v) is 2.81. The normalized spacial score (nSPS) is 10.7. The summed E-state index contributed by atoms with van der Waals surface area (Å²) in [5.74, 6) is 0. The summed E-state index contributed by atoms with van der Waals surface area (Å²) >= 11 is 0. The van der Waals surface area contributed by atoms with Crippen LogP contribution < -0.4 is 10.9 Å². The van der Waals surface area contributed by atoms with Crippen LogP contribution in [0, 0.1) is 0 Å². The van der Waals surface area contributed by atoms with Gasteiger partial charge in [0.1, 0.15) is 0 Å². The van der Waals surface area contributed by atoms with E-state index in [1.54, 1.807) is 12.4 Å². The standard InChI is InChI=1S/C13H12N4O/c18-13-10(6-14-11-7-15-16-8-11)5-9-3-1-2-4-12(9)17-13/h1-5,7-8,14H,6H2,(H,15,16)(H,17,18). The first kappa shape index (κ1) is 10.6. The third-order valence-electron chi connectivity index (χ3n) is 2.81. The van der Waals surface area contributed by atoms with E-state index in [1.807, 2.05) is 30.3 Å². The first-order valence-corrected chi connectivity index (χ1v) is 5.66. The molecule has 0 unspecified atom stereocenters. The molecule has 0 fully saturated rings. The topological polar surface area (TPSA) is 73.6 Å². The zero-order valence-corrected chi connectivity index (χ0v) is 9.60. The maximum Gasteiger partial charge on any atom is 0.253 e. The van der Waals surface area contributed by atoms with Gasteiger partial charge in [0.05, 0.1) is 11.9 Å². The second-order valence-electron chi connectivity index (χ2n) is 4.05. The molecule has 0 bridgehead atoms. The zero-order valence-electron chi connectivity index (χ0n) is 9.60. The molecule has 0 amide bonds. The molecule has 0 aliphatic rings. The molecule has 3 aromatic rings. The highest BCUT2D eigenvalue weighted by molar-refractivity contribution is 5.78. The van der Waals surface area contributed by atoms with Crippen molar-refractivity contribution in [2.75, 3.05) is 5.32 Å². The van der Waals surface area contributed by atoms with Crippen molar-refractivity contribution in [2.45, 2.75) is 6.54 Å².